The third kappa shape index (κ3) is 4.79. The highest BCUT2D eigenvalue weighted by molar-refractivity contribution is 7.78. The van der Waals surface area contributed by atoms with Gasteiger partial charge in [0.15, 0.2) is 0 Å². The molecule has 26 heavy (non-hydrogen) atoms. The molecule has 0 N–H and O–H groups in total. The summed E-state index contributed by atoms with van der Waals surface area (Å²) >= 11 is 11.0. The topological polar surface area (TPSA) is 25.2 Å². The monoisotopic (exact) mass is 384 g/mol. The average Bonchev–Trinajstić information content (AvgIpc) is 2.67. The van der Waals surface area contributed by atoms with Crippen LogP contribution in [-0.4, -0.2) is 10.1 Å². The van der Waals surface area contributed by atoms with Crippen LogP contribution in [0, 0.1) is 5.92 Å². The Balaban J connectivity index is 1.67. The third-order valence-electron chi connectivity index (χ3n) is 5.47. The van der Waals surface area contributed by atoms with Gasteiger partial charge in [0.25, 0.3) is 0 Å². The standard InChI is InChI=1S/C22H25ClN2S/c1-2-3-4-16-5-7-17(8-6-16)18-9-11-19(12-10-18)22-21(23)13-20(14-24-22)25-15-26/h9-14,16-17H,2-8H2,1H3. The predicted molar refractivity (Wildman–Crippen MR) is 114 cm³/mol. The van der Waals surface area contributed by atoms with E-state index in [1.807, 2.05) is 0 Å². The van der Waals surface area contributed by atoms with Gasteiger partial charge in [0.2, 0.25) is 0 Å². The Morgan fingerprint density at radius 3 is 2.54 bits per heavy atom. The SMILES string of the molecule is CCCCC1CCC(c2ccc(-c3ncc(N=C=S)cc3Cl)cc2)CC1. The van der Waals surface area contributed by atoms with Crippen molar-refractivity contribution in [3.05, 3.63) is 47.1 Å². The number of benzene rings is 1. The molecule has 0 spiro atoms. The fourth-order valence-corrected chi connectivity index (χ4v) is 4.32. The van der Waals surface area contributed by atoms with E-state index in [0.717, 1.165) is 17.2 Å². The second-order valence-electron chi connectivity index (χ2n) is 7.21. The Morgan fingerprint density at radius 2 is 1.92 bits per heavy atom. The predicted octanol–water partition coefficient (Wildman–Crippen LogP) is 7.60. The number of hydrogen-bond donors (Lipinski definition) is 0. The van der Waals surface area contributed by atoms with Crippen molar-refractivity contribution in [2.24, 2.45) is 10.9 Å². The molecular formula is C22H25ClN2S. The maximum Gasteiger partial charge on any atom is 0.0937 e. The van der Waals surface area contributed by atoms with Gasteiger partial charge in [-0.25, -0.2) is 0 Å². The Bertz CT molecular complexity index is 773. The van der Waals surface area contributed by atoms with Gasteiger partial charge in [0.1, 0.15) is 0 Å². The van der Waals surface area contributed by atoms with E-state index in [0.29, 0.717) is 16.6 Å². The van der Waals surface area contributed by atoms with Crippen molar-refractivity contribution < 1.29 is 0 Å². The maximum absolute atomic E-state index is 6.36. The summed E-state index contributed by atoms with van der Waals surface area (Å²) < 4.78 is 0. The molecule has 0 saturated heterocycles. The largest absolute Gasteiger partial charge is 0.252 e. The fraction of sp³-hybridized carbons (Fsp3) is 0.455. The number of rotatable bonds is 6. The van der Waals surface area contributed by atoms with E-state index in [2.05, 4.69) is 58.5 Å². The molecule has 1 aromatic carbocycles. The number of aliphatic imine (C=N–C) groups is 1. The molecule has 1 aliphatic carbocycles. The lowest BCUT2D eigenvalue weighted by atomic mass is 9.77. The van der Waals surface area contributed by atoms with Crippen LogP contribution >= 0.6 is 23.8 Å². The smallest absolute Gasteiger partial charge is 0.0937 e. The van der Waals surface area contributed by atoms with Crippen molar-refractivity contribution in [2.75, 3.05) is 0 Å². The number of pyridine rings is 1. The van der Waals surface area contributed by atoms with Gasteiger partial charge in [-0.1, -0.05) is 62.1 Å². The third-order valence-corrected chi connectivity index (χ3v) is 5.85. The number of unbranched alkanes of at least 4 members (excludes halogenated alkanes) is 1. The molecule has 0 atom stereocenters. The summed E-state index contributed by atoms with van der Waals surface area (Å²) in [6.07, 6.45) is 11.2. The zero-order valence-corrected chi connectivity index (χ0v) is 16.8. The second-order valence-corrected chi connectivity index (χ2v) is 7.80. The van der Waals surface area contributed by atoms with Crippen LogP contribution in [0.1, 0.15) is 63.4 Å². The molecule has 2 aromatic rings. The van der Waals surface area contributed by atoms with Crippen molar-refractivity contribution >= 4 is 34.7 Å². The summed E-state index contributed by atoms with van der Waals surface area (Å²) in [6.45, 7) is 2.28. The van der Waals surface area contributed by atoms with Crippen molar-refractivity contribution in [1.29, 1.82) is 0 Å². The summed E-state index contributed by atoms with van der Waals surface area (Å²) in [6, 6.07) is 10.5. The first-order chi connectivity index (χ1) is 12.7. The number of isothiocyanates is 1. The van der Waals surface area contributed by atoms with Gasteiger partial charge in [-0.2, -0.15) is 4.99 Å². The number of halogens is 1. The minimum atomic E-state index is 0.584. The lowest BCUT2D eigenvalue weighted by Gasteiger charge is -2.29. The van der Waals surface area contributed by atoms with Gasteiger partial charge in [-0.05, 0) is 61.4 Å². The van der Waals surface area contributed by atoms with Crippen LogP contribution in [0.5, 0.6) is 0 Å². The first kappa shape index (κ1) is 19.2. The van der Waals surface area contributed by atoms with E-state index in [-0.39, 0.29) is 0 Å². The number of nitrogens with zero attached hydrogens (tertiary/aromatic N) is 2. The molecule has 4 heteroatoms. The Labute approximate surface area is 166 Å². The van der Waals surface area contributed by atoms with Crippen molar-refractivity contribution in [3.63, 3.8) is 0 Å². The molecule has 0 radical (unpaired) electrons. The molecule has 1 aliphatic rings. The molecule has 0 aliphatic heterocycles. The van der Waals surface area contributed by atoms with E-state index in [4.69, 9.17) is 11.6 Å². The van der Waals surface area contributed by atoms with Gasteiger partial charge in [0.05, 0.1) is 27.8 Å². The van der Waals surface area contributed by atoms with Crippen LogP contribution in [0.4, 0.5) is 5.69 Å². The summed E-state index contributed by atoms with van der Waals surface area (Å²) in [5, 5.41) is 2.92. The molecule has 0 unspecified atom stereocenters. The molecular weight excluding hydrogens is 360 g/mol. The van der Waals surface area contributed by atoms with Gasteiger partial charge in [0, 0.05) is 5.56 Å². The van der Waals surface area contributed by atoms with Gasteiger partial charge < -0.3 is 0 Å². The van der Waals surface area contributed by atoms with E-state index in [1.54, 1.807) is 12.3 Å². The minimum Gasteiger partial charge on any atom is -0.252 e. The van der Waals surface area contributed by atoms with Crippen LogP contribution in [0.2, 0.25) is 5.02 Å². The molecule has 2 nitrogen and oxygen atoms in total. The average molecular weight is 385 g/mol. The lowest BCUT2D eigenvalue weighted by Crippen LogP contribution is -2.13. The van der Waals surface area contributed by atoms with E-state index in [9.17, 15) is 0 Å². The highest BCUT2D eigenvalue weighted by Gasteiger charge is 2.22. The van der Waals surface area contributed by atoms with Gasteiger partial charge >= 0.3 is 0 Å². The molecule has 1 fully saturated rings. The van der Waals surface area contributed by atoms with Crippen LogP contribution in [0.3, 0.4) is 0 Å². The van der Waals surface area contributed by atoms with Gasteiger partial charge in [-0.15, -0.1) is 0 Å². The van der Waals surface area contributed by atoms with Gasteiger partial charge in [-0.3, -0.25) is 4.98 Å². The first-order valence-corrected chi connectivity index (χ1v) is 10.3. The number of hydrogen-bond acceptors (Lipinski definition) is 3. The van der Waals surface area contributed by atoms with Crippen molar-refractivity contribution in [3.8, 4) is 11.3 Å². The highest BCUT2D eigenvalue weighted by Crippen LogP contribution is 2.38. The van der Waals surface area contributed by atoms with Crippen LogP contribution in [0.25, 0.3) is 11.3 Å². The first-order valence-electron chi connectivity index (χ1n) is 9.55. The van der Waals surface area contributed by atoms with E-state index in [1.165, 1.54) is 50.5 Å². The number of aromatic nitrogens is 1. The second kappa shape index (κ2) is 9.41. The normalized spacial score (nSPS) is 19.8. The Hall–Kier alpha value is -1.54. The summed E-state index contributed by atoms with van der Waals surface area (Å²) in [7, 11) is 0. The van der Waals surface area contributed by atoms with Crippen LogP contribution in [0.15, 0.2) is 41.5 Å². The van der Waals surface area contributed by atoms with E-state index < -0.39 is 0 Å². The molecule has 136 valence electrons. The molecule has 0 amide bonds. The lowest BCUT2D eigenvalue weighted by molar-refractivity contribution is 0.304. The van der Waals surface area contributed by atoms with Crippen molar-refractivity contribution in [1.82, 2.24) is 4.98 Å². The Kier molecular flexibility index (Phi) is 6.96. The fourth-order valence-electron chi connectivity index (χ4n) is 3.94. The maximum atomic E-state index is 6.36. The zero-order chi connectivity index (χ0) is 18.4. The summed E-state index contributed by atoms with van der Waals surface area (Å²) in [4.78, 5) is 8.36. The molecule has 0 bridgehead atoms. The van der Waals surface area contributed by atoms with E-state index >= 15 is 0 Å². The van der Waals surface area contributed by atoms with Crippen LogP contribution < -0.4 is 0 Å². The Morgan fingerprint density at radius 1 is 1.19 bits per heavy atom. The molecule has 3 rings (SSSR count). The zero-order valence-electron chi connectivity index (χ0n) is 15.2. The summed E-state index contributed by atoms with van der Waals surface area (Å²) in [5.74, 6) is 1.65. The van der Waals surface area contributed by atoms with Crippen LogP contribution in [-0.2, 0) is 0 Å². The summed E-state index contributed by atoms with van der Waals surface area (Å²) in [5.41, 5.74) is 3.89. The quantitative estimate of drug-likeness (QED) is 0.378. The molecule has 1 aromatic heterocycles. The molecule has 1 saturated carbocycles. The van der Waals surface area contributed by atoms with Crippen molar-refractivity contribution in [2.45, 2.75) is 57.8 Å². The highest BCUT2D eigenvalue weighted by atomic mass is 35.5. The minimum absolute atomic E-state index is 0.584. The number of thiocarbonyl (C=S) groups is 1. The molecule has 1 heterocycles.